The molecule has 2 bridgehead atoms. The fourth-order valence-electron chi connectivity index (χ4n) is 3.09. The topological polar surface area (TPSA) is 40.5 Å². The first-order valence-corrected chi connectivity index (χ1v) is 5.94. The van der Waals surface area contributed by atoms with Crippen LogP contribution in [0.15, 0.2) is 18.2 Å². The van der Waals surface area contributed by atoms with Gasteiger partial charge in [0.15, 0.2) is 0 Å². The van der Waals surface area contributed by atoms with Crippen molar-refractivity contribution in [1.29, 1.82) is 0 Å². The van der Waals surface area contributed by atoms with Crippen molar-refractivity contribution in [1.82, 2.24) is 0 Å². The number of aromatic carboxylic acids is 1. The zero-order valence-electron chi connectivity index (χ0n) is 9.40. The molecule has 3 rings (SSSR count). The van der Waals surface area contributed by atoms with Crippen molar-refractivity contribution < 1.29 is 14.3 Å². The Morgan fingerprint density at radius 3 is 2.76 bits per heavy atom. The molecular formula is C13H14FNO2. The molecule has 0 radical (unpaired) electrons. The molecule has 1 saturated heterocycles. The van der Waals surface area contributed by atoms with E-state index >= 15 is 0 Å². The summed E-state index contributed by atoms with van der Waals surface area (Å²) in [6, 6.07) is 4.64. The van der Waals surface area contributed by atoms with E-state index in [-0.39, 0.29) is 5.56 Å². The predicted octanol–water partition coefficient (Wildman–Crippen LogP) is 2.51. The van der Waals surface area contributed by atoms with Gasteiger partial charge in [-0.1, -0.05) is 0 Å². The number of halogens is 1. The van der Waals surface area contributed by atoms with E-state index < -0.39 is 11.8 Å². The Bertz CT molecular complexity index is 474. The molecule has 1 aliphatic heterocycles. The molecule has 1 heterocycles. The number of hydrogen-bond donors (Lipinski definition) is 1. The van der Waals surface area contributed by atoms with E-state index in [1.54, 1.807) is 6.07 Å². The van der Waals surface area contributed by atoms with Crippen LogP contribution in [0.4, 0.5) is 10.1 Å². The van der Waals surface area contributed by atoms with E-state index in [0.29, 0.717) is 17.6 Å². The minimum absolute atomic E-state index is 0.00982. The first-order chi connectivity index (χ1) is 8.15. The van der Waals surface area contributed by atoms with Gasteiger partial charge in [0.05, 0.1) is 11.3 Å². The van der Waals surface area contributed by atoms with Crippen molar-refractivity contribution in [2.75, 3.05) is 11.4 Å². The lowest BCUT2D eigenvalue weighted by molar-refractivity contribution is 0.0696. The largest absolute Gasteiger partial charge is 0.478 e. The summed E-state index contributed by atoms with van der Waals surface area (Å²) in [7, 11) is 0. The van der Waals surface area contributed by atoms with Crippen LogP contribution in [0.5, 0.6) is 0 Å². The number of benzene rings is 1. The number of carboxylic acids is 1. The molecule has 0 amide bonds. The summed E-state index contributed by atoms with van der Waals surface area (Å²) in [6.07, 6.45) is 3.53. The number of nitrogens with zero attached hydrogens (tertiary/aromatic N) is 1. The zero-order chi connectivity index (χ0) is 12.0. The summed E-state index contributed by atoms with van der Waals surface area (Å²) in [5.41, 5.74) is 0.567. The van der Waals surface area contributed by atoms with E-state index in [2.05, 4.69) is 4.90 Å². The molecule has 90 valence electrons. The minimum Gasteiger partial charge on any atom is -0.478 e. The van der Waals surface area contributed by atoms with Crippen molar-refractivity contribution in [2.24, 2.45) is 5.92 Å². The third-order valence-electron chi connectivity index (χ3n) is 3.91. The van der Waals surface area contributed by atoms with Crippen LogP contribution in [0.2, 0.25) is 0 Å². The summed E-state index contributed by atoms with van der Waals surface area (Å²) < 4.78 is 13.9. The highest BCUT2D eigenvalue weighted by Crippen LogP contribution is 2.40. The van der Waals surface area contributed by atoms with Crippen LogP contribution in [-0.2, 0) is 0 Å². The maximum Gasteiger partial charge on any atom is 0.335 e. The molecule has 3 nitrogen and oxygen atoms in total. The Morgan fingerprint density at radius 2 is 2.24 bits per heavy atom. The van der Waals surface area contributed by atoms with Crippen molar-refractivity contribution in [2.45, 2.75) is 25.3 Å². The van der Waals surface area contributed by atoms with Crippen molar-refractivity contribution >= 4 is 11.7 Å². The molecule has 1 N–H and O–H groups in total. The molecule has 2 atom stereocenters. The summed E-state index contributed by atoms with van der Waals surface area (Å²) in [6.45, 7) is 0.911. The van der Waals surface area contributed by atoms with Gasteiger partial charge in [0.1, 0.15) is 5.82 Å². The van der Waals surface area contributed by atoms with Crippen LogP contribution < -0.4 is 4.90 Å². The number of carbonyl (C=O) groups is 1. The smallest absolute Gasteiger partial charge is 0.335 e. The van der Waals surface area contributed by atoms with Gasteiger partial charge in [0.2, 0.25) is 0 Å². The van der Waals surface area contributed by atoms with Crippen molar-refractivity contribution in [3.05, 3.63) is 29.6 Å². The maximum absolute atomic E-state index is 13.9. The summed E-state index contributed by atoms with van der Waals surface area (Å²) in [5.74, 6) is -0.811. The summed E-state index contributed by atoms with van der Waals surface area (Å²) in [5, 5.41) is 8.79. The van der Waals surface area contributed by atoms with Crippen molar-refractivity contribution in [3.8, 4) is 0 Å². The Morgan fingerprint density at radius 1 is 1.41 bits per heavy atom. The van der Waals surface area contributed by atoms with Crippen LogP contribution in [-0.4, -0.2) is 23.7 Å². The SMILES string of the molecule is O=C(O)c1ccc(N2CC3CCC2C3)c(F)c1. The van der Waals surface area contributed by atoms with Crippen LogP contribution in [0.3, 0.4) is 0 Å². The third-order valence-corrected chi connectivity index (χ3v) is 3.91. The Hall–Kier alpha value is -1.58. The molecule has 1 aromatic carbocycles. The van der Waals surface area contributed by atoms with E-state index in [0.717, 1.165) is 25.5 Å². The van der Waals surface area contributed by atoms with Gasteiger partial charge in [0.25, 0.3) is 0 Å². The number of hydrogen-bond acceptors (Lipinski definition) is 2. The molecule has 2 unspecified atom stereocenters. The number of fused-ring (bicyclic) bond motifs is 2. The average molecular weight is 235 g/mol. The molecule has 4 heteroatoms. The van der Waals surface area contributed by atoms with Gasteiger partial charge in [-0.3, -0.25) is 0 Å². The lowest BCUT2D eigenvalue weighted by Crippen LogP contribution is -2.32. The van der Waals surface area contributed by atoms with E-state index in [9.17, 15) is 9.18 Å². The highest BCUT2D eigenvalue weighted by atomic mass is 19.1. The Kier molecular flexibility index (Phi) is 2.31. The predicted molar refractivity (Wildman–Crippen MR) is 61.8 cm³/mol. The molecule has 2 aliphatic rings. The Balaban J connectivity index is 1.91. The lowest BCUT2D eigenvalue weighted by atomic mass is 10.1. The second-order valence-corrected chi connectivity index (χ2v) is 4.96. The van der Waals surface area contributed by atoms with Crippen LogP contribution >= 0.6 is 0 Å². The summed E-state index contributed by atoms with van der Waals surface area (Å²) >= 11 is 0. The number of piperidine rings is 1. The lowest BCUT2D eigenvalue weighted by Gasteiger charge is -2.29. The molecule has 2 fully saturated rings. The van der Waals surface area contributed by atoms with E-state index in [1.807, 2.05) is 0 Å². The second kappa shape index (κ2) is 3.72. The van der Waals surface area contributed by atoms with E-state index in [1.165, 1.54) is 12.5 Å². The second-order valence-electron chi connectivity index (χ2n) is 4.96. The minimum atomic E-state index is -1.08. The van der Waals surface area contributed by atoms with Gasteiger partial charge >= 0.3 is 5.97 Å². The normalized spacial score (nSPS) is 26.5. The van der Waals surface area contributed by atoms with Crippen LogP contribution in [0, 0.1) is 11.7 Å². The number of anilines is 1. The average Bonchev–Trinajstić information content (AvgIpc) is 2.90. The van der Waals surface area contributed by atoms with Gasteiger partial charge in [-0.2, -0.15) is 0 Å². The molecule has 1 aromatic rings. The van der Waals surface area contributed by atoms with Gasteiger partial charge in [-0.25, -0.2) is 9.18 Å². The molecular weight excluding hydrogens is 221 g/mol. The first kappa shape index (κ1) is 10.6. The highest BCUT2D eigenvalue weighted by molar-refractivity contribution is 5.88. The van der Waals surface area contributed by atoms with Crippen LogP contribution in [0.25, 0.3) is 0 Å². The number of rotatable bonds is 2. The van der Waals surface area contributed by atoms with Gasteiger partial charge in [0, 0.05) is 12.6 Å². The third kappa shape index (κ3) is 1.68. The van der Waals surface area contributed by atoms with Gasteiger partial charge < -0.3 is 10.0 Å². The molecule has 1 saturated carbocycles. The van der Waals surface area contributed by atoms with Crippen LogP contribution in [0.1, 0.15) is 29.6 Å². The van der Waals surface area contributed by atoms with Gasteiger partial charge in [-0.15, -0.1) is 0 Å². The monoisotopic (exact) mass is 235 g/mol. The van der Waals surface area contributed by atoms with Crippen molar-refractivity contribution in [3.63, 3.8) is 0 Å². The summed E-state index contributed by atoms with van der Waals surface area (Å²) in [4.78, 5) is 12.8. The number of carboxylic acid groups (broad SMARTS) is 1. The fraction of sp³-hybridized carbons (Fsp3) is 0.462. The fourth-order valence-corrected chi connectivity index (χ4v) is 3.09. The maximum atomic E-state index is 13.9. The van der Waals surface area contributed by atoms with E-state index in [4.69, 9.17) is 5.11 Å². The van der Waals surface area contributed by atoms with Gasteiger partial charge in [-0.05, 0) is 43.4 Å². The first-order valence-electron chi connectivity index (χ1n) is 5.94. The molecule has 0 aromatic heterocycles. The standard InChI is InChI=1S/C13H14FNO2/c14-11-6-9(13(16)17)2-4-12(11)15-7-8-1-3-10(15)5-8/h2,4,6,8,10H,1,3,5,7H2,(H,16,17). The highest BCUT2D eigenvalue weighted by Gasteiger charge is 2.38. The Labute approximate surface area is 98.9 Å². The molecule has 17 heavy (non-hydrogen) atoms. The molecule has 0 spiro atoms. The zero-order valence-corrected chi connectivity index (χ0v) is 9.40. The molecule has 1 aliphatic carbocycles. The quantitative estimate of drug-likeness (QED) is 0.856.